The number of methoxy groups -OCH3 is 1. The van der Waals surface area contributed by atoms with Crippen molar-refractivity contribution >= 4 is 23.2 Å². The van der Waals surface area contributed by atoms with Gasteiger partial charge in [-0.2, -0.15) is 0 Å². The van der Waals surface area contributed by atoms with Gasteiger partial charge in [-0.25, -0.2) is 0 Å². The molecular weight excluding hydrogens is 392 g/mol. The summed E-state index contributed by atoms with van der Waals surface area (Å²) in [6.45, 7) is 1.97. The lowest BCUT2D eigenvalue weighted by molar-refractivity contribution is -0.116. The SMILES string of the molecule is COc1ccc(CCC(=O)Nc2ccc3c(c2)C(=O)N(C)c2cc(C)ccc2O3)cc1. The molecule has 4 rings (SSSR count). The van der Waals surface area contributed by atoms with Crippen molar-refractivity contribution in [3.8, 4) is 17.2 Å². The van der Waals surface area contributed by atoms with Crippen LogP contribution < -0.4 is 19.7 Å². The van der Waals surface area contributed by atoms with Crippen LogP contribution in [0.3, 0.4) is 0 Å². The number of amides is 2. The van der Waals surface area contributed by atoms with Crippen molar-refractivity contribution in [1.29, 1.82) is 0 Å². The van der Waals surface area contributed by atoms with Crippen LogP contribution in [0.4, 0.5) is 11.4 Å². The second-order valence-electron chi connectivity index (χ2n) is 7.54. The Balaban J connectivity index is 1.47. The molecule has 3 aromatic rings. The molecule has 6 heteroatoms. The van der Waals surface area contributed by atoms with Gasteiger partial charge in [0, 0.05) is 19.2 Å². The highest BCUT2D eigenvalue weighted by molar-refractivity contribution is 6.10. The fraction of sp³-hybridized carbons (Fsp3) is 0.200. The Morgan fingerprint density at radius 1 is 1.03 bits per heavy atom. The number of anilines is 2. The van der Waals surface area contributed by atoms with Crippen LogP contribution in [0.2, 0.25) is 0 Å². The van der Waals surface area contributed by atoms with E-state index in [4.69, 9.17) is 9.47 Å². The molecule has 3 aromatic carbocycles. The fourth-order valence-corrected chi connectivity index (χ4v) is 3.52. The molecular formula is C25H24N2O4. The van der Waals surface area contributed by atoms with Crippen molar-refractivity contribution in [3.05, 3.63) is 77.4 Å². The Bertz CT molecular complexity index is 1140. The van der Waals surface area contributed by atoms with Crippen molar-refractivity contribution in [2.75, 3.05) is 24.4 Å². The molecule has 0 aromatic heterocycles. The van der Waals surface area contributed by atoms with Crippen LogP contribution in [0.15, 0.2) is 60.7 Å². The van der Waals surface area contributed by atoms with Crippen LogP contribution in [0.25, 0.3) is 0 Å². The summed E-state index contributed by atoms with van der Waals surface area (Å²) in [6.07, 6.45) is 0.943. The summed E-state index contributed by atoms with van der Waals surface area (Å²) in [7, 11) is 3.34. The van der Waals surface area contributed by atoms with Gasteiger partial charge in [-0.3, -0.25) is 9.59 Å². The van der Waals surface area contributed by atoms with Gasteiger partial charge in [-0.1, -0.05) is 18.2 Å². The lowest BCUT2D eigenvalue weighted by Gasteiger charge is -2.16. The van der Waals surface area contributed by atoms with Gasteiger partial charge in [0.2, 0.25) is 5.91 Å². The smallest absolute Gasteiger partial charge is 0.261 e. The number of hydrogen-bond acceptors (Lipinski definition) is 4. The number of nitrogens with one attached hydrogen (secondary N) is 1. The van der Waals surface area contributed by atoms with Crippen LogP contribution in [0.1, 0.15) is 27.9 Å². The predicted octanol–water partition coefficient (Wildman–Crippen LogP) is 4.96. The normalized spacial score (nSPS) is 12.4. The number of benzene rings is 3. The highest BCUT2D eigenvalue weighted by Gasteiger charge is 2.26. The van der Waals surface area contributed by atoms with E-state index in [9.17, 15) is 9.59 Å². The zero-order chi connectivity index (χ0) is 22.0. The summed E-state index contributed by atoms with van der Waals surface area (Å²) < 4.78 is 11.1. The topological polar surface area (TPSA) is 67.9 Å². The molecule has 6 nitrogen and oxygen atoms in total. The fourth-order valence-electron chi connectivity index (χ4n) is 3.52. The Hall–Kier alpha value is -3.80. The van der Waals surface area contributed by atoms with Crippen LogP contribution in [0.5, 0.6) is 17.2 Å². The van der Waals surface area contributed by atoms with Crippen LogP contribution >= 0.6 is 0 Å². The first-order valence-corrected chi connectivity index (χ1v) is 10.1. The number of ether oxygens (including phenoxy) is 2. The van der Waals surface area contributed by atoms with Gasteiger partial charge in [0.1, 0.15) is 11.5 Å². The van der Waals surface area contributed by atoms with Crippen molar-refractivity contribution in [1.82, 2.24) is 0 Å². The summed E-state index contributed by atoms with van der Waals surface area (Å²) in [5, 5.41) is 2.88. The first-order valence-electron chi connectivity index (χ1n) is 10.1. The quantitative estimate of drug-likeness (QED) is 0.639. The summed E-state index contributed by atoms with van der Waals surface area (Å²) in [4.78, 5) is 27.1. The molecule has 0 atom stereocenters. The van der Waals surface area contributed by atoms with Crippen LogP contribution in [0, 0.1) is 6.92 Å². The third-order valence-electron chi connectivity index (χ3n) is 5.29. The minimum absolute atomic E-state index is 0.120. The first kappa shape index (κ1) is 20.5. The average Bonchev–Trinajstić information content (AvgIpc) is 2.88. The van der Waals surface area contributed by atoms with Gasteiger partial charge in [0.15, 0.2) is 5.75 Å². The molecule has 1 aliphatic rings. The molecule has 0 radical (unpaired) electrons. The monoisotopic (exact) mass is 416 g/mol. The van der Waals surface area contributed by atoms with Gasteiger partial charge in [-0.15, -0.1) is 0 Å². The summed E-state index contributed by atoms with van der Waals surface area (Å²) in [5.41, 5.74) is 3.77. The Morgan fingerprint density at radius 2 is 1.77 bits per heavy atom. The molecule has 158 valence electrons. The molecule has 1 N–H and O–H groups in total. The van der Waals surface area contributed by atoms with E-state index in [-0.39, 0.29) is 11.8 Å². The Kier molecular flexibility index (Phi) is 5.62. The second kappa shape index (κ2) is 8.52. The second-order valence-corrected chi connectivity index (χ2v) is 7.54. The Labute approximate surface area is 181 Å². The van der Waals surface area contributed by atoms with Gasteiger partial charge in [0.25, 0.3) is 5.91 Å². The number of fused-ring (bicyclic) bond motifs is 2. The molecule has 1 heterocycles. The van der Waals surface area contributed by atoms with Gasteiger partial charge >= 0.3 is 0 Å². The molecule has 1 aliphatic heterocycles. The van der Waals surface area contributed by atoms with Crippen LogP contribution in [-0.2, 0) is 11.2 Å². The zero-order valence-corrected chi connectivity index (χ0v) is 17.8. The summed E-state index contributed by atoms with van der Waals surface area (Å²) in [5.74, 6) is 1.57. The standard InChI is InChI=1S/C25H24N2O4/c1-16-4-11-23-21(14-16)27(2)25(29)20-15-18(8-12-22(20)31-23)26-24(28)13-7-17-5-9-19(30-3)10-6-17/h4-6,8-12,14-15H,7,13H2,1-3H3,(H,26,28). The maximum absolute atomic E-state index is 13.0. The van der Waals surface area contributed by atoms with E-state index in [1.807, 2.05) is 49.4 Å². The van der Waals surface area contributed by atoms with Crippen molar-refractivity contribution in [2.24, 2.45) is 0 Å². The van der Waals surface area contributed by atoms with Crippen molar-refractivity contribution in [2.45, 2.75) is 19.8 Å². The molecule has 0 fully saturated rings. The molecule has 0 saturated carbocycles. The predicted molar refractivity (Wildman–Crippen MR) is 120 cm³/mol. The van der Waals surface area contributed by atoms with Gasteiger partial charge in [-0.05, 0) is 66.9 Å². The largest absolute Gasteiger partial charge is 0.497 e. The van der Waals surface area contributed by atoms with E-state index >= 15 is 0 Å². The van der Waals surface area contributed by atoms with E-state index in [2.05, 4.69) is 5.32 Å². The number of hydrogen-bond donors (Lipinski definition) is 1. The molecule has 0 spiro atoms. The van der Waals surface area contributed by atoms with E-state index in [0.717, 1.165) is 16.9 Å². The van der Waals surface area contributed by atoms with Crippen molar-refractivity contribution < 1.29 is 19.1 Å². The molecule has 2 amide bonds. The average molecular weight is 416 g/mol. The van der Waals surface area contributed by atoms with E-state index in [1.54, 1.807) is 37.3 Å². The molecule has 0 bridgehead atoms. The number of carbonyl (C=O) groups is 2. The van der Waals surface area contributed by atoms with Gasteiger partial charge < -0.3 is 19.7 Å². The number of carbonyl (C=O) groups excluding carboxylic acids is 2. The maximum Gasteiger partial charge on any atom is 0.261 e. The first-order chi connectivity index (χ1) is 14.9. The van der Waals surface area contributed by atoms with Crippen molar-refractivity contribution in [3.63, 3.8) is 0 Å². The van der Waals surface area contributed by atoms with E-state index in [0.29, 0.717) is 41.3 Å². The van der Waals surface area contributed by atoms with E-state index < -0.39 is 0 Å². The van der Waals surface area contributed by atoms with Crippen LogP contribution in [-0.4, -0.2) is 26.0 Å². The minimum Gasteiger partial charge on any atom is -0.497 e. The third kappa shape index (κ3) is 4.38. The number of aryl methyl sites for hydroxylation is 2. The molecule has 0 aliphatic carbocycles. The summed E-state index contributed by atoms with van der Waals surface area (Å²) in [6, 6.07) is 18.5. The molecule has 0 unspecified atom stereocenters. The summed E-state index contributed by atoms with van der Waals surface area (Å²) >= 11 is 0. The van der Waals surface area contributed by atoms with E-state index in [1.165, 1.54) is 0 Å². The minimum atomic E-state index is -0.186. The maximum atomic E-state index is 13.0. The number of nitrogens with zero attached hydrogens (tertiary/aromatic N) is 1. The highest BCUT2D eigenvalue weighted by atomic mass is 16.5. The third-order valence-corrected chi connectivity index (χ3v) is 5.29. The molecule has 31 heavy (non-hydrogen) atoms. The lowest BCUT2D eigenvalue weighted by atomic mass is 10.1. The Morgan fingerprint density at radius 3 is 2.52 bits per heavy atom. The number of rotatable bonds is 5. The zero-order valence-electron chi connectivity index (χ0n) is 17.8. The lowest BCUT2D eigenvalue weighted by Crippen LogP contribution is -2.25. The van der Waals surface area contributed by atoms with Gasteiger partial charge in [0.05, 0.1) is 18.4 Å². The highest BCUT2D eigenvalue weighted by Crippen LogP contribution is 2.39. The molecule has 0 saturated heterocycles.